The van der Waals surface area contributed by atoms with E-state index in [9.17, 15) is 4.79 Å². The second-order valence-corrected chi connectivity index (χ2v) is 2.84. The maximum Gasteiger partial charge on any atom is 0.339 e. The molecule has 3 nitrogen and oxygen atoms in total. The molecule has 1 fully saturated rings. The van der Waals surface area contributed by atoms with Crippen LogP contribution < -0.4 is 0 Å². The molecule has 1 radical (unpaired) electrons. The van der Waals surface area contributed by atoms with Crippen molar-refractivity contribution in [3.8, 4) is 0 Å². The van der Waals surface area contributed by atoms with Crippen molar-refractivity contribution in [3.63, 3.8) is 0 Å². The molecule has 0 unspecified atom stereocenters. The van der Waals surface area contributed by atoms with Gasteiger partial charge in [0.05, 0.1) is 18.8 Å². The molecule has 1 aliphatic rings. The van der Waals surface area contributed by atoms with Crippen molar-refractivity contribution in [2.24, 2.45) is 0 Å². The zero-order chi connectivity index (χ0) is 9.10. The Morgan fingerprint density at radius 1 is 1.54 bits per heavy atom. The third kappa shape index (κ3) is 1.87. The van der Waals surface area contributed by atoms with Gasteiger partial charge in [-0.05, 0) is 12.1 Å². The summed E-state index contributed by atoms with van der Waals surface area (Å²) in [6.45, 7) is 1.02. The fourth-order valence-electron chi connectivity index (χ4n) is 1.02. The molecule has 1 heterocycles. The quantitative estimate of drug-likeness (QED) is 0.633. The van der Waals surface area contributed by atoms with Crippen LogP contribution in [-0.2, 0) is 9.47 Å². The number of carbonyl (C=O) groups excluding carboxylic acids is 1. The van der Waals surface area contributed by atoms with E-state index >= 15 is 0 Å². The highest BCUT2D eigenvalue weighted by atomic mass is 16.6. The lowest BCUT2D eigenvalue weighted by Crippen LogP contribution is -2.37. The van der Waals surface area contributed by atoms with Gasteiger partial charge in [0.15, 0.2) is 0 Å². The van der Waals surface area contributed by atoms with E-state index < -0.39 is 0 Å². The van der Waals surface area contributed by atoms with E-state index in [1.54, 1.807) is 18.2 Å². The van der Waals surface area contributed by atoms with Gasteiger partial charge in [-0.3, -0.25) is 0 Å². The van der Waals surface area contributed by atoms with Crippen molar-refractivity contribution in [3.05, 3.63) is 35.9 Å². The van der Waals surface area contributed by atoms with E-state index in [-0.39, 0.29) is 12.1 Å². The fraction of sp³-hybridized carbons (Fsp3) is 0.300. The first-order chi connectivity index (χ1) is 6.36. The molecule has 1 saturated heterocycles. The van der Waals surface area contributed by atoms with Crippen LogP contribution in [0.1, 0.15) is 10.4 Å². The van der Waals surface area contributed by atoms with Crippen molar-refractivity contribution in [2.45, 2.75) is 6.10 Å². The summed E-state index contributed by atoms with van der Waals surface area (Å²) in [7, 11) is 0. The Morgan fingerprint density at radius 3 is 2.92 bits per heavy atom. The van der Waals surface area contributed by atoms with Gasteiger partial charge in [0.25, 0.3) is 0 Å². The first-order valence-electron chi connectivity index (χ1n) is 4.12. The van der Waals surface area contributed by atoms with Gasteiger partial charge in [-0.15, -0.1) is 0 Å². The Balaban J connectivity index is 1.97. The summed E-state index contributed by atoms with van der Waals surface area (Å²) >= 11 is 0. The van der Waals surface area contributed by atoms with Gasteiger partial charge >= 0.3 is 5.97 Å². The number of carbonyl (C=O) groups is 1. The Morgan fingerprint density at radius 2 is 2.38 bits per heavy atom. The largest absolute Gasteiger partial charge is 0.454 e. The zero-order valence-electron chi connectivity index (χ0n) is 7.03. The minimum absolute atomic E-state index is 0.0684. The Labute approximate surface area is 76.3 Å². The maximum absolute atomic E-state index is 11.3. The molecule has 67 valence electrons. The van der Waals surface area contributed by atoms with Gasteiger partial charge in [0.1, 0.15) is 6.10 Å². The lowest BCUT2D eigenvalue weighted by Gasteiger charge is -2.25. The minimum atomic E-state index is -0.325. The molecule has 0 amide bonds. The molecule has 1 aromatic carbocycles. The van der Waals surface area contributed by atoms with E-state index in [0.717, 1.165) is 0 Å². The molecule has 0 bridgehead atoms. The molecule has 1 aromatic rings. The molecule has 0 saturated carbocycles. The van der Waals surface area contributed by atoms with Crippen LogP contribution in [0.3, 0.4) is 0 Å². The van der Waals surface area contributed by atoms with Gasteiger partial charge in [0, 0.05) is 0 Å². The van der Waals surface area contributed by atoms with Crippen LogP contribution in [0.25, 0.3) is 0 Å². The molecule has 0 N–H and O–H groups in total. The molecule has 2 rings (SSSR count). The highest BCUT2D eigenvalue weighted by molar-refractivity contribution is 5.89. The summed E-state index contributed by atoms with van der Waals surface area (Å²) in [5.41, 5.74) is 0.467. The number of rotatable bonds is 2. The van der Waals surface area contributed by atoms with Gasteiger partial charge in [-0.25, -0.2) is 4.79 Å². The summed E-state index contributed by atoms with van der Waals surface area (Å²) in [6.07, 6.45) is -0.0684. The van der Waals surface area contributed by atoms with Crippen LogP contribution >= 0.6 is 0 Å². The van der Waals surface area contributed by atoms with Crippen molar-refractivity contribution in [2.75, 3.05) is 13.2 Å². The molecular weight excluding hydrogens is 168 g/mol. The topological polar surface area (TPSA) is 35.5 Å². The second-order valence-electron chi connectivity index (χ2n) is 2.84. The number of ether oxygens (including phenoxy) is 2. The summed E-state index contributed by atoms with van der Waals surface area (Å²) < 4.78 is 9.96. The number of benzene rings is 1. The number of hydrogen-bond donors (Lipinski definition) is 0. The standard InChI is InChI=1S/C10H9O3/c11-10(13-9-6-12-7-9)8-4-2-1-3-5-8/h1-4,9H,6-7H2. The maximum atomic E-state index is 11.3. The van der Waals surface area contributed by atoms with E-state index in [1.165, 1.54) is 0 Å². The lowest BCUT2D eigenvalue weighted by molar-refractivity contribution is -0.103. The van der Waals surface area contributed by atoms with E-state index in [2.05, 4.69) is 6.07 Å². The average molecular weight is 177 g/mol. The highest BCUT2D eigenvalue weighted by Gasteiger charge is 2.23. The van der Waals surface area contributed by atoms with Crippen LogP contribution in [0.5, 0.6) is 0 Å². The monoisotopic (exact) mass is 177 g/mol. The fourth-order valence-corrected chi connectivity index (χ4v) is 1.02. The van der Waals surface area contributed by atoms with Gasteiger partial charge in [-0.1, -0.05) is 18.2 Å². The summed E-state index contributed by atoms with van der Waals surface area (Å²) in [6, 6.07) is 9.77. The Kier molecular flexibility index (Phi) is 2.27. The molecule has 0 aliphatic carbocycles. The molecule has 13 heavy (non-hydrogen) atoms. The molecule has 0 atom stereocenters. The lowest BCUT2D eigenvalue weighted by atomic mass is 10.2. The molecule has 0 spiro atoms. The molecular formula is C10H9O3. The summed E-state index contributed by atoms with van der Waals surface area (Å²) in [5.74, 6) is -0.325. The number of esters is 1. The first-order valence-corrected chi connectivity index (χ1v) is 4.12. The van der Waals surface area contributed by atoms with Crippen molar-refractivity contribution in [1.29, 1.82) is 0 Å². The molecule has 3 heteroatoms. The SMILES string of the molecule is O=C(OC1COC1)c1[c]cccc1. The average Bonchev–Trinajstić information content (AvgIpc) is 2.12. The minimum Gasteiger partial charge on any atom is -0.454 e. The summed E-state index contributed by atoms with van der Waals surface area (Å²) in [5, 5.41) is 0. The first kappa shape index (κ1) is 8.26. The van der Waals surface area contributed by atoms with Crippen molar-refractivity contribution < 1.29 is 14.3 Å². The zero-order valence-corrected chi connectivity index (χ0v) is 7.03. The van der Waals surface area contributed by atoms with Gasteiger partial charge < -0.3 is 9.47 Å². The highest BCUT2D eigenvalue weighted by Crippen LogP contribution is 2.09. The van der Waals surface area contributed by atoms with Crippen molar-refractivity contribution in [1.82, 2.24) is 0 Å². The van der Waals surface area contributed by atoms with E-state index in [4.69, 9.17) is 9.47 Å². The second kappa shape index (κ2) is 3.58. The van der Waals surface area contributed by atoms with Crippen LogP contribution in [-0.4, -0.2) is 25.3 Å². The smallest absolute Gasteiger partial charge is 0.339 e. The van der Waals surface area contributed by atoms with Gasteiger partial charge in [-0.2, -0.15) is 0 Å². The van der Waals surface area contributed by atoms with E-state index in [1.807, 2.05) is 6.07 Å². The van der Waals surface area contributed by atoms with Gasteiger partial charge in [0.2, 0.25) is 0 Å². The van der Waals surface area contributed by atoms with Crippen LogP contribution in [0.15, 0.2) is 24.3 Å². The normalized spacial score (nSPS) is 16.3. The predicted octanol–water partition coefficient (Wildman–Crippen LogP) is 1.04. The van der Waals surface area contributed by atoms with Crippen LogP contribution in [0.4, 0.5) is 0 Å². The molecule has 0 aromatic heterocycles. The summed E-state index contributed by atoms with van der Waals surface area (Å²) in [4.78, 5) is 11.3. The predicted molar refractivity (Wildman–Crippen MR) is 45.3 cm³/mol. The Hall–Kier alpha value is -1.35. The van der Waals surface area contributed by atoms with Crippen LogP contribution in [0.2, 0.25) is 0 Å². The third-order valence-electron chi connectivity index (χ3n) is 1.81. The Bertz CT molecular complexity index is 290. The van der Waals surface area contributed by atoms with Crippen molar-refractivity contribution >= 4 is 5.97 Å². The van der Waals surface area contributed by atoms with Crippen LogP contribution in [0, 0.1) is 6.07 Å². The van der Waals surface area contributed by atoms with E-state index in [0.29, 0.717) is 18.8 Å². The third-order valence-corrected chi connectivity index (χ3v) is 1.81. The molecule has 1 aliphatic heterocycles. The number of hydrogen-bond acceptors (Lipinski definition) is 3.